The second-order valence-corrected chi connectivity index (χ2v) is 10.1. The fourth-order valence-electron chi connectivity index (χ4n) is 3.65. The molecule has 0 radical (unpaired) electrons. The Kier molecular flexibility index (Phi) is 5.75. The molecule has 148 valence electrons. The third-order valence-electron chi connectivity index (χ3n) is 5.34. The van der Waals surface area contributed by atoms with Gasteiger partial charge in [0.15, 0.2) is 0 Å². The highest BCUT2D eigenvalue weighted by Crippen LogP contribution is 2.50. The normalized spacial score (nSPS) is 21.9. The van der Waals surface area contributed by atoms with Crippen LogP contribution in [0, 0.1) is 5.92 Å². The summed E-state index contributed by atoms with van der Waals surface area (Å²) in [6.07, 6.45) is 5.44. The van der Waals surface area contributed by atoms with Gasteiger partial charge in [-0.25, -0.2) is 5.48 Å². The van der Waals surface area contributed by atoms with E-state index in [2.05, 4.69) is 17.4 Å². The standard InChI is InChI=1S/C21H24N2O3S2/c24-19(23-26)13-21(10-1-2-11-27-21)18-9-8-17(28-18)15-4-3-5-16(12-15)22-20(25)14-6-7-14/h3-5,8-9,12,14,26H,1-2,6-7,10-11,13H2,(H,22,25)(H,23,24)/t21-/m0/s1. The maximum Gasteiger partial charge on any atom is 0.245 e. The number of nitrogens with one attached hydrogen (secondary N) is 2. The second-order valence-electron chi connectivity index (χ2n) is 7.52. The molecule has 0 spiro atoms. The first-order valence-corrected chi connectivity index (χ1v) is 11.5. The van der Waals surface area contributed by atoms with Crippen molar-refractivity contribution in [3.05, 3.63) is 41.3 Å². The van der Waals surface area contributed by atoms with E-state index in [1.54, 1.807) is 16.8 Å². The lowest BCUT2D eigenvalue weighted by molar-refractivity contribution is -0.129. The number of amides is 2. The lowest BCUT2D eigenvalue weighted by Gasteiger charge is -2.35. The van der Waals surface area contributed by atoms with Crippen LogP contribution in [0.2, 0.25) is 0 Å². The largest absolute Gasteiger partial charge is 0.326 e. The summed E-state index contributed by atoms with van der Waals surface area (Å²) in [5.74, 6) is 0.970. The molecule has 1 atom stereocenters. The van der Waals surface area contributed by atoms with Crippen LogP contribution >= 0.6 is 23.1 Å². The number of hydrogen-bond acceptors (Lipinski definition) is 5. The highest BCUT2D eigenvalue weighted by molar-refractivity contribution is 8.00. The van der Waals surface area contributed by atoms with Gasteiger partial charge in [0.2, 0.25) is 11.8 Å². The molecule has 0 bridgehead atoms. The summed E-state index contributed by atoms with van der Waals surface area (Å²) in [5, 5.41) is 12.0. The predicted molar refractivity (Wildman–Crippen MR) is 114 cm³/mol. The van der Waals surface area contributed by atoms with E-state index < -0.39 is 0 Å². The van der Waals surface area contributed by atoms with Crippen LogP contribution in [0.4, 0.5) is 5.69 Å². The van der Waals surface area contributed by atoms with Crippen LogP contribution in [0.5, 0.6) is 0 Å². The van der Waals surface area contributed by atoms with Crippen LogP contribution < -0.4 is 10.8 Å². The van der Waals surface area contributed by atoms with Crippen molar-refractivity contribution in [1.82, 2.24) is 5.48 Å². The molecule has 28 heavy (non-hydrogen) atoms. The van der Waals surface area contributed by atoms with Gasteiger partial charge in [-0.3, -0.25) is 14.8 Å². The molecule has 1 aromatic heterocycles. The van der Waals surface area contributed by atoms with E-state index in [0.717, 1.165) is 54.0 Å². The van der Waals surface area contributed by atoms with Gasteiger partial charge < -0.3 is 5.32 Å². The molecule has 0 unspecified atom stereocenters. The van der Waals surface area contributed by atoms with Crippen LogP contribution in [0.25, 0.3) is 10.4 Å². The molecule has 1 saturated heterocycles. The summed E-state index contributed by atoms with van der Waals surface area (Å²) < 4.78 is -0.272. The minimum absolute atomic E-state index is 0.108. The molecule has 2 fully saturated rings. The SMILES string of the molecule is O=C(C[C@]1(c2ccc(-c3cccc(NC(=O)C4CC4)c3)s2)CCCCS1)NO. The van der Waals surface area contributed by atoms with Gasteiger partial charge in [-0.15, -0.1) is 23.1 Å². The number of hydroxylamine groups is 1. The second kappa shape index (κ2) is 8.27. The molecule has 2 heterocycles. The number of carbonyl (C=O) groups excluding carboxylic acids is 2. The molecule has 1 aromatic carbocycles. The maximum atomic E-state index is 12.0. The van der Waals surface area contributed by atoms with E-state index in [4.69, 9.17) is 5.21 Å². The Hall–Kier alpha value is -1.83. The van der Waals surface area contributed by atoms with E-state index in [1.807, 2.05) is 36.0 Å². The summed E-state index contributed by atoms with van der Waals surface area (Å²) in [5.41, 5.74) is 3.68. The number of hydrogen-bond donors (Lipinski definition) is 3. The number of carbonyl (C=O) groups is 2. The molecule has 1 saturated carbocycles. The summed E-state index contributed by atoms with van der Waals surface area (Å²) in [6.45, 7) is 0. The molecule has 2 aromatic rings. The Morgan fingerprint density at radius 3 is 2.75 bits per heavy atom. The van der Waals surface area contributed by atoms with Crippen LogP contribution in [0.15, 0.2) is 36.4 Å². The van der Waals surface area contributed by atoms with E-state index >= 15 is 0 Å². The lowest BCUT2D eigenvalue weighted by Crippen LogP contribution is -2.32. The van der Waals surface area contributed by atoms with Gasteiger partial charge in [0.05, 0.1) is 4.75 Å². The fourth-order valence-corrected chi connectivity index (χ4v) is 6.54. The number of rotatable bonds is 6. The third kappa shape index (κ3) is 4.26. The summed E-state index contributed by atoms with van der Waals surface area (Å²) in [4.78, 5) is 26.3. The van der Waals surface area contributed by atoms with Gasteiger partial charge in [-0.1, -0.05) is 18.6 Å². The number of thiophene rings is 1. The molecule has 5 nitrogen and oxygen atoms in total. The summed E-state index contributed by atoms with van der Waals surface area (Å²) in [7, 11) is 0. The van der Waals surface area contributed by atoms with Crippen molar-refractivity contribution in [1.29, 1.82) is 0 Å². The average Bonchev–Trinajstić information content (AvgIpc) is 3.45. The highest BCUT2D eigenvalue weighted by atomic mass is 32.2. The molecule has 4 rings (SSSR count). The monoisotopic (exact) mass is 416 g/mol. The van der Waals surface area contributed by atoms with Crippen molar-refractivity contribution in [2.24, 2.45) is 5.92 Å². The Morgan fingerprint density at radius 2 is 2.04 bits per heavy atom. The van der Waals surface area contributed by atoms with Crippen molar-refractivity contribution < 1.29 is 14.8 Å². The zero-order valence-electron chi connectivity index (χ0n) is 15.6. The molecule has 3 N–H and O–H groups in total. The molecule has 2 amide bonds. The van der Waals surface area contributed by atoms with Crippen molar-refractivity contribution in [2.45, 2.75) is 43.3 Å². The number of thioether (sulfide) groups is 1. The average molecular weight is 417 g/mol. The number of benzene rings is 1. The smallest absolute Gasteiger partial charge is 0.245 e. The quantitative estimate of drug-likeness (QED) is 0.468. The van der Waals surface area contributed by atoms with Crippen LogP contribution in [0.3, 0.4) is 0 Å². The minimum atomic E-state index is -0.339. The first-order valence-electron chi connectivity index (χ1n) is 9.68. The van der Waals surface area contributed by atoms with Crippen LogP contribution in [-0.4, -0.2) is 22.8 Å². The molecule has 1 aliphatic heterocycles. The van der Waals surface area contributed by atoms with Crippen molar-refractivity contribution in [3.63, 3.8) is 0 Å². The zero-order chi connectivity index (χ0) is 19.6. The van der Waals surface area contributed by atoms with Crippen LogP contribution in [-0.2, 0) is 14.3 Å². The predicted octanol–water partition coefficient (Wildman–Crippen LogP) is 4.77. The molecular weight excluding hydrogens is 392 g/mol. The van der Waals surface area contributed by atoms with Crippen molar-refractivity contribution in [2.75, 3.05) is 11.1 Å². The van der Waals surface area contributed by atoms with Gasteiger partial charge >= 0.3 is 0 Å². The van der Waals surface area contributed by atoms with Gasteiger partial charge in [0, 0.05) is 27.8 Å². The summed E-state index contributed by atoms with van der Waals surface area (Å²) >= 11 is 3.51. The van der Waals surface area contributed by atoms with Gasteiger partial charge in [-0.05, 0) is 61.3 Å². The van der Waals surface area contributed by atoms with Gasteiger partial charge in [0.25, 0.3) is 0 Å². The van der Waals surface area contributed by atoms with E-state index in [-0.39, 0.29) is 28.9 Å². The van der Waals surface area contributed by atoms with Crippen LogP contribution in [0.1, 0.15) is 43.4 Å². The van der Waals surface area contributed by atoms with E-state index in [9.17, 15) is 9.59 Å². The van der Waals surface area contributed by atoms with Gasteiger partial charge in [-0.2, -0.15) is 0 Å². The van der Waals surface area contributed by atoms with Crippen molar-refractivity contribution >= 4 is 40.6 Å². The van der Waals surface area contributed by atoms with E-state index in [1.165, 1.54) is 4.88 Å². The Balaban J connectivity index is 1.57. The first-order chi connectivity index (χ1) is 13.6. The Labute approximate surface area is 172 Å². The van der Waals surface area contributed by atoms with Gasteiger partial charge in [0.1, 0.15) is 0 Å². The van der Waals surface area contributed by atoms with Crippen molar-refractivity contribution in [3.8, 4) is 10.4 Å². The van der Waals surface area contributed by atoms with E-state index in [0.29, 0.717) is 0 Å². The first kappa shape index (κ1) is 19.5. The third-order valence-corrected chi connectivity index (χ3v) is 8.42. The molecule has 7 heteroatoms. The maximum absolute atomic E-state index is 12.0. The lowest BCUT2D eigenvalue weighted by atomic mass is 9.94. The highest BCUT2D eigenvalue weighted by Gasteiger charge is 2.38. The molecular formula is C21H24N2O3S2. The Morgan fingerprint density at radius 1 is 1.18 bits per heavy atom. The minimum Gasteiger partial charge on any atom is -0.326 e. The molecule has 2 aliphatic rings. The zero-order valence-corrected chi connectivity index (χ0v) is 17.2. The summed E-state index contributed by atoms with van der Waals surface area (Å²) in [6, 6.07) is 12.1. The fraction of sp³-hybridized carbons (Fsp3) is 0.429. The number of anilines is 1. The topological polar surface area (TPSA) is 78.4 Å². The molecule has 1 aliphatic carbocycles. The Bertz CT molecular complexity index is 870.